The Balaban J connectivity index is 1.74. The molecule has 1 saturated heterocycles. The summed E-state index contributed by atoms with van der Waals surface area (Å²) in [6.07, 6.45) is 0.281. The molecule has 0 bridgehead atoms. The van der Waals surface area contributed by atoms with Gasteiger partial charge in [-0.05, 0) is 39.0 Å². The molecule has 2 aromatic rings. The van der Waals surface area contributed by atoms with Crippen LogP contribution in [0.15, 0.2) is 30.3 Å². The van der Waals surface area contributed by atoms with Crippen LogP contribution in [0.5, 0.6) is 0 Å². The van der Waals surface area contributed by atoms with E-state index < -0.39 is 0 Å². The van der Waals surface area contributed by atoms with E-state index in [0.29, 0.717) is 22.8 Å². The molecular weight excluding hydrogens is 338 g/mol. The highest BCUT2D eigenvalue weighted by molar-refractivity contribution is 6.33. The highest BCUT2D eigenvalue weighted by Gasteiger charge is 2.33. The minimum Gasteiger partial charge on any atom is -0.349 e. The van der Waals surface area contributed by atoms with Crippen molar-refractivity contribution >= 4 is 29.1 Å². The Morgan fingerprint density at radius 1 is 1.32 bits per heavy atom. The van der Waals surface area contributed by atoms with Gasteiger partial charge in [0.15, 0.2) is 0 Å². The van der Waals surface area contributed by atoms with E-state index in [4.69, 9.17) is 11.6 Å². The Labute approximate surface area is 152 Å². The molecule has 0 spiro atoms. The Morgan fingerprint density at radius 3 is 2.68 bits per heavy atom. The number of carbonyl (C=O) groups excluding carboxylic acids is 2. The van der Waals surface area contributed by atoms with Crippen LogP contribution in [0.25, 0.3) is 0 Å². The fourth-order valence-electron chi connectivity index (χ4n) is 3.49. The van der Waals surface area contributed by atoms with Crippen molar-refractivity contribution < 1.29 is 9.59 Å². The van der Waals surface area contributed by atoms with Crippen molar-refractivity contribution in [1.29, 1.82) is 0 Å². The van der Waals surface area contributed by atoms with E-state index in [1.54, 1.807) is 11.0 Å². The van der Waals surface area contributed by atoms with E-state index in [0.717, 1.165) is 17.9 Å². The molecule has 6 heteroatoms. The number of anilines is 1. The van der Waals surface area contributed by atoms with Gasteiger partial charge in [-0.1, -0.05) is 23.7 Å². The molecule has 2 heterocycles. The number of halogens is 1. The summed E-state index contributed by atoms with van der Waals surface area (Å²) in [5, 5.41) is 3.53. The quantitative estimate of drug-likeness (QED) is 0.910. The summed E-state index contributed by atoms with van der Waals surface area (Å²) in [7, 11) is 0. The summed E-state index contributed by atoms with van der Waals surface area (Å²) >= 11 is 6.19. The van der Waals surface area contributed by atoms with Crippen molar-refractivity contribution in [3.05, 3.63) is 52.3 Å². The summed E-state index contributed by atoms with van der Waals surface area (Å²) < 4.78 is 2.10. The van der Waals surface area contributed by atoms with E-state index in [1.807, 2.05) is 38.1 Å². The minimum absolute atomic E-state index is 0.0302. The lowest BCUT2D eigenvalue weighted by Crippen LogP contribution is -2.37. The molecule has 25 heavy (non-hydrogen) atoms. The Kier molecular flexibility index (Phi) is 4.86. The van der Waals surface area contributed by atoms with Gasteiger partial charge in [0.05, 0.1) is 22.3 Å². The maximum atomic E-state index is 12.6. The number of amides is 2. The summed E-state index contributed by atoms with van der Waals surface area (Å²) in [6.45, 7) is 7.25. The SMILES string of the molecule is CCn1c(C)cc(C(=O)N[C@@H]2CC(=O)N(c3ccccc3Cl)C2)c1C. The van der Waals surface area contributed by atoms with E-state index in [-0.39, 0.29) is 24.3 Å². The first-order valence-electron chi connectivity index (χ1n) is 8.44. The Morgan fingerprint density at radius 2 is 2.04 bits per heavy atom. The van der Waals surface area contributed by atoms with Crippen molar-refractivity contribution in [3.8, 4) is 0 Å². The molecule has 132 valence electrons. The van der Waals surface area contributed by atoms with E-state index in [9.17, 15) is 9.59 Å². The number of rotatable bonds is 4. The summed E-state index contributed by atoms with van der Waals surface area (Å²) in [4.78, 5) is 26.6. The fourth-order valence-corrected chi connectivity index (χ4v) is 3.73. The standard InChI is InChI=1S/C19H22ClN3O2/c1-4-22-12(2)9-15(13(22)3)19(25)21-14-10-18(24)23(11-14)17-8-6-5-7-16(17)20/h5-9,14H,4,10-11H2,1-3H3,(H,21,25)/t14-/m1/s1. The molecule has 0 aliphatic carbocycles. The highest BCUT2D eigenvalue weighted by atomic mass is 35.5. The number of para-hydroxylation sites is 1. The van der Waals surface area contributed by atoms with Crippen LogP contribution in [0.1, 0.15) is 35.1 Å². The Bertz CT molecular complexity index is 828. The van der Waals surface area contributed by atoms with Crippen LogP contribution in [0, 0.1) is 13.8 Å². The van der Waals surface area contributed by atoms with Gasteiger partial charge in [-0.3, -0.25) is 9.59 Å². The van der Waals surface area contributed by atoms with Crippen LogP contribution >= 0.6 is 11.6 Å². The third-order valence-electron chi connectivity index (χ3n) is 4.74. The molecule has 3 rings (SSSR count). The van der Waals surface area contributed by atoms with Crippen LogP contribution in [-0.4, -0.2) is 29.0 Å². The van der Waals surface area contributed by atoms with Crippen molar-refractivity contribution in [1.82, 2.24) is 9.88 Å². The molecule has 1 fully saturated rings. The van der Waals surface area contributed by atoms with Crippen molar-refractivity contribution in [2.45, 2.75) is 39.8 Å². The monoisotopic (exact) mass is 359 g/mol. The number of aromatic nitrogens is 1. The number of nitrogens with one attached hydrogen (secondary N) is 1. The zero-order valence-electron chi connectivity index (χ0n) is 14.7. The average Bonchev–Trinajstić information content (AvgIpc) is 3.07. The number of aryl methyl sites for hydroxylation is 1. The summed E-state index contributed by atoms with van der Waals surface area (Å²) in [5.41, 5.74) is 3.37. The molecule has 1 aromatic carbocycles. The van der Waals surface area contributed by atoms with Gasteiger partial charge in [0.25, 0.3) is 5.91 Å². The predicted molar refractivity (Wildman–Crippen MR) is 99.3 cm³/mol. The van der Waals surface area contributed by atoms with E-state index in [2.05, 4.69) is 16.8 Å². The fraction of sp³-hybridized carbons (Fsp3) is 0.368. The highest BCUT2D eigenvalue weighted by Crippen LogP contribution is 2.29. The number of hydrogen-bond donors (Lipinski definition) is 1. The lowest BCUT2D eigenvalue weighted by atomic mass is 10.2. The third kappa shape index (κ3) is 3.29. The second-order valence-corrected chi connectivity index (χ2v) is 6.77. The number of carbonyl (C=O) groups is 2. The minimum atomic E-state index is -0.221. The van der Waals surface area contributed by atoms with Crippen LogP contribution in [0.3, 0.4) is 0 Å². The molecular formula is C19H22ClN3O2. The molecule has 1 N–H and O–H groups in total. The smallest absolute Gasteiger partial charge is 0.253 e. The first-order valence-corrected chi connectivity index (χ1v) is 8.82. The molecule has 1 atom stereocenters. The molecule has 1 aliphatic heterocycles. The number of benzene rings is 1. The zero-order chi connectivity index (χ0) is 18.1. The van der Waals surface area contributed by atoms with Crippen LogP contribution < -0.4 is 10.2 Å². The van der Waals surface area contributed by atoms with Crippen molar-refractivity contribution in [3.63, 3.8) is 0 Å². The average molecular weight is 360 g/mol. The van der Waals surface area contributed by atoms with Crippen LogP contribution in [-0.2, 0) is 11.3 Å². The van der Waals surface area contributed by atoms with Crippen molar-refractivity contribution in [2.75, 3.05) is 11.4 Å². The number of nitrogens with zero attached hydrogens (tertiary/aromatic N) is 2. The second kappa shape index (κ2) is 6.92. The largest absolute Gasteiger partial charge is 0.349 e. The molecule has 1 aliphatic rings. The lowest BCUT2D eigenvalue weighted by molar-refractivity contribution is -0.117. The van der Waals surface area contributed by atoms with Gasteiger partial charge in [0.1, 0.15) is 0 Å². The maximum Gasteiger partial charge on any atom is 0.253 e. The molecule has 5 nitrogen and oxygen atoms in total. The van der Waals surface area contributed by atoms with Crippen molar-refractivity contribution in [2.24, 2.45) is 0 Å². The van der Waals surface area contributed by atoms with Crippen LogP contribution in [0.2, 0.25) is 5.02 Å². The zero-order valence-corrected chi connectivity index (χ0v) is 15.4. The Hall–Kier alpha value is -2.27. The molecule has 0 saturated carbocycles. The van der Waals surface area contributed by atoms with E-state index in [1.165, 1.54) is 0 Å². The van der Waals surface area contributed by atoms with E-state index >= 15 is 0 Å². The predicted octanol–water partition coefficient (Wildman–Crippen LogP) is 3.31. The molecule has 0 radical (unpaired) electrons. The van der Waals surface area contributed by atoms with Gasteiger partial charge < -0.3 is 14.8 Å². The van der Waals surface area contributed by atoms with Gasteiger partial charge in [-0.2, -0.15) is 0 Å². The van der Waals surface area contributed by atoms with Gasteiger partial charge in [0.2, 0.25) is 5.91 Å². The first-order chi connectivity index (χ1) is 11.9. The normalized spacial score (nSPS) is 17.2. The number of hydrogen-bond acceptors (Lipinski definition) is 2. The summed E-state index contributed by atoms with van der Waals surface area (Å²) in [5.74, 6) is -0.163. The first kappa shape index (κ1) is 17.5. The summed E-state index contributed by atoms with van der Waals surface area (Å²) in [6, 6.07) is 8.93. The molecule has 2 amide bonds. The molecule has 0 unspecified atom stereocenters. The van der Waals surface area contributed by atoms with Crippen LogP contribution in [0.4, 0.5) is 5.69 Å². The third-order valence-corrected chi connectivity index (χ3v) is 5.06. The van der Waals surface area contributed by atoms with Gasteiger partial charge in [-0.25, -0.2) is 0 Å². The van der Waals surface area contributed by atoms with Gasteiger partial charge in [-0.15, -0.1) is 0 Å². The van der Waals surface area contributed by atoms with Gasteiger partial charge in [0, 0.05) is 30.9 Å². The lowest BCUT2D eigenvalue weighted by Gasteiger charge is -2.18. The van der Waals surface area contributed by atoms with Gasteiger partial charge >= 0.3 is 0 Å². The molecule has 1 aromatic heterocycles. The maximum absolute atomic E-state index is 12.6. The second-order valence-electron chi connectivity index (χ2n) is 6.36. The topological polar surface area (TPSA) is 54.3 Å².